The van der Waals surface area contributed by atoms with Crippen LogP contribution in [-0.4, -0.2) is 70.2 Å². The van der Waals surface area contributed by atoms with Gasteiger partial charge in [0.05, 0.1) is 13.3 Å². The molecule has 4 atom stereocenters. The first-order valence-electron chi connectivity index (χ1n) is 6.44. The maximum atomic E-state index is 10.1. The van der Waals surface area contributed by atoms with Crippen LogP contribution in [0.15, 0.2) is 0 Å². The monoisotopic (exact) mass is 315 g/mol. The maximum absolute atomic E-state index is 10.1. The van der Waals surface area contributed by atoms with Crippen molar-refractivity contribution in [1.29, 1.82) is 0 Å². The number of nitrogen functional groups attached to an aromatic ring is 1. The molecular formula is C11H17N5O4S. The van der Waals surface area contributed by atoms with Crippen molar-refractivity contribution in [3.8, 4) is 0 Å². The van der Waals surface area contributed by atoms with Crippen LogP contribution in [0.4, 0.5) is 17.5 Å². The Morgan fingerprint density at radius 1 is 1.48 bits per heavy atom. The zero-order valence-electron chi connectivity index (χ0n) is 11.3. The number of nitrogens with zero attached hydrogens (tertiary/aromatic N) is 3. The number of H-pyrrole nitrogens is 1. The molecule has 6 N–H and O–H groups in total. The normalized spacial score (nSPS) is 31.8. The molecule has 2 aliphatic rings. The van der Waals surface area contributed by atoms with E-state index >= 15 is 0 Å². The SMILES string of the molecule is CN1CN([C@@H]2O[C@H](CO)[C@@H](O)[C@H]2O)c2nc(N)[nH]c(=S)c21. The molecule has 1 saturated heterocycles. The van der Waals surface area contributed by atoms with E-state index in [0.29, 0.717) is 22.8 Å². The van der Waals surface area contributed by atoms with Gasteiger partial charge >= 0.3 is 0 Å². The van der Waals surface area contributed by atoms with Crippen LogP contribution in [0.3, 0.4) is 0 Å². The first-order chi connectivity index (χ1) is 9.93. The van der Waals surface area contributed by atoms with Gasteiger partial charge in [-0.2, -0.15) is 4.98 Å². The summed E-state index contributed by atoms with van der Waals surface area (Å²) in [7, 11) is 1.82. The first kappa shape index (κ1) is 14.5. The van der Waals surface area contributed by atoms with Crippen LogP contribution in [0, 0.1) is 4.64 Å². The Balaban J connectivity index is 1.99. The number of fused-ring (bicyclic) bond motifs is 1. The van der Waals surface area contributed by atoms with Crippen molar-refractivity contribution in [1.82, 2.24) is 9.97 Å². The average Bonchev–Trinajstić information content (AvgIpc) is 2.89. The van der Waals surface area contributed by atoms with Crippen LogP contribution in [0.5, 0.6) is 0 Å². The third-order valence-electron chi connectivity index (χ3n) is 3.74. The van der Waals surface area contributed by atoms with Gasteiger partial charge < -0.3 is 40.6 Å². The van der Waals surface area contributed by atoms with Gasteiger partial charge in [0.2, 0.25) is 5.95 Å². The Labute approximate surface area is 125 Å². The fourth-order valence-corrected chi connectivity index (χ4v) is 3.07. The lowest BCUT2D eigenvalue weighted by molar-refractivity contribution is -0.0221. The number of nitrogens with two attached hydrogens (primary N) is 1. The predicted molar refractivity (Wildman–Crippen MR) is 77.3 cm³/mol. The highest BCUT2D eigenvalue weighted by Crippen LogP contribution is 2.38. The van der Waals surface area contributed by atoms with Gasteiger partial charge in [0.1, 0.15) is 28.6 Å². The van der Waals surface area contributed by atoms with E-state index in [1.165, 1.54) is 0 Å². The summed E-state index contributed by atoms with van der Waals surface area (Å²) in [5.41, 5.74) is 6.36. The molecule has 116 valence electrons. The van der Waals surface area contributed by atoms with Crippen molar-refractivity contribution < 1.29 is 20.1 Å². The molecule has 0 aliphatic carbocycles. The molecule has 3 rings (SSSR count). The van der Waals surface area contributed by atoms with Crippen LogP contribution >= 0.6 is 12.2 Å². The van der Waals surface area contributed by atoms with E-state index in [-0.39, 0.29) is 12.6 Å². The molecule has 0 spiro atoms. The molecule has 0 unspecified atom stereocenters. The van der Waals surface area contributed by atoms with Gasteiger partial charge in [-0.1, -0.05) is 12.2 Å². The number of ether oxygens (including phenoxy) is 1. The molecule has 1 aromatic heterocycles. The van der Waals surface area contributed by atoms with Gasteiger partial charge in [-0.3, -0.25) is 0 Å². The van der Waals surface area contributed by atoms with Crippen LogP contribution in [0.1, 0.15) is 0 Å². The lowest BCUT2D eigenvalue weighted by Gasteiger charge is -2.27. The Kier molecular flexibility index (Phi) is 3.50. The summed E-state index contributed by atoms with van der Waals surface area (Å²) >= 11 is 5.23. The molecule has 0 bridgehead atoms. The summed E-state index contributed by atoms with van der Waals surface area (Å²) in [5.74, 6) is 0.638. The number of hydrogen-bond acceptors (Lipinski definition) is 9. The minimum Gasteiger partial charge on any atom is -0.394 e. The number of aromatic nitrogens is 2. The second-order valence-corrected chi connectivity index (χ2v) is 5.57. The Morgan fingerprint density at radius 3 is 2.81 bits per heavy atom. The Hall–Kier alpha value is -1.46. The van der Waals surface area contributed by atoms with E-state index in [4.69, 9.17) is 27.8 Å². The van der Waals surface area contributed by atoms with Crippen molar-refractivity contribution in [2.45, 2.75) is 24.5 Å². The number of rotatable bonds is 2. The number of aliphatic hydroxyl groups excluding tert-OH is 3. The van der Waals surface area contributed by atoms with Crippen molar-refractivity contribution in [3.63, 3.8) is 0 Å². The zero-order valence-corrected chi connectivity index (χ0v) is 12.1. The molecule has 0 amide bonds. The highest BCUT2D eigenvalue weighted by Gasteiger charge is 2.48. The third-order valence-corrected chi connectivity index (χ3v) is 4.03. The molecule has 0 saturated carbocycles. The van der Waals surface area contributed by atoms with E-state index in [1.54, 1.807) is 4.90 Å². The molecular weight excluding hydrogens is 298 g/mol. The standard InChI is InChI=1S/C11H17N5O4S/c1-15-3-16(8-5(15)9(21)14-11(12)13-8)10-7(19)6(18)4(2-17)20-10/h4,6-7,10,17-19H,2-3H2,1H3,(H3,12,13,14,21)/t4-,6-,7-,10-/m1/s1. The molecule has 21 heavy (non-hydrogen) atoms. The number of aliphatic hydroxyl groups is 3. The second kappa shape index (κ2) is 5.07. The minimum absolute atomic E-state index is 0.158. The predicted octanol–water partition coefficient (Wildman–Crippen LogP) is -1.63. The van der Waals surface area contributed by atoms with E-state index in [2.05, 4.69) is 9.97 Å². The Morgan fingerprint density at radius 2 is 2.19 bits per heavy atom. The fraction of sp³-hybridized carbons (Fsp3) is 0.636. The summed E-state index contributed by atoms with van der Waals surface area (Å²) in [6.07, 6.45) is -3.99. The topological polar surface area (TPSA) is 131 Å². The van der Waals surface area contributed by atoms with Gasteiger partial charge in [0.15, 0.2) is 12.0 Å². The molecule has 10 heteroatoms. The largest absolute Gasteiger partial charge is 0.394 e. The molecule has 3 heterocycles. The van der Waals surface area contributed by atoms with Crippen LogP contribution in [0.2, 0.25) is 0 Å². The molecule has 0 aromatic carbocycles. The molecule has 2 aliphatic heterocycles. The Bertz CT molecular complexity index is 611. The number of hydrogen-bond donors (Lipinski definition) is 5. The van der Waals surface area contributed by atoms with Crippen molar-refractivity contribution >= 4 is 29.7 Å². The smallest absolute Gasteiger partial charge is 0.200 e. The zero-order chi connectivity index (χ0) is 15.3. The molecule has 9 nitrogen and oxygen atoms in total. The number of anilines is 3. The van der Waals surface area contributed by atoms with E-state index in [1.807, 2.05) is 11.9 Å². The van der Waals surface area contributed by atoms with Crippen LogP contribution < -0.4 is 15.5 Å². The quantitative estimate of drug-likeness (QED) is 0.408. The van der Waals surface area contributed by atoms with Crippen LogP contribution in [-0.2, 0) is 4.74 Å². The fourth-order valence-electron chi connectivity index (χ4n) is 2.72. The van der Waals surface area contributed by atoms with Gasteiger partial charge in [0, 0.05) is 7.05 Å². The van der Waals surface area contributed by atoms with Gasteiger partial charge in [-0.25, -0.2) is 0 Å². The van der Waals surface area contributed by atoms with E-state index in [9.17, 15) is 10.2 Å². The third kappa shape index (κ3) is 2.15. The highest BCUT2D eigenvalue weighted by atomic mass is 32.1. The summed E-state index contributed by atoms with van der Waals surface area (Å²) in [4.78, 5) is 10.5. The summed E-state index contributed by atoms with van der Waals surface area (Å²) < 4.78 is 5.97. The summed E-state index contributed by atoms with van der Waals surface area (Å²) in [6, 6.07) is 0. The molecule has 1 fully saturated rings. The number of nitrogens with one attached hydrogen (secondary N) is 1. The lowest BCUT2D eigenvalue weighted by Crippen LogP contribution is -2.45. The summed E-state index contributed by atoms with van der Waals surface area (Å²) in [6.45, 7) is -0.00839. The maximum Gasteiger partial charge on any atom is 0.200 e. The summed E-state index contributed by atoms with van der Waals surface area (Å²) in [5, 5.41) is 29.2. The van der Waals surface area contributed by atoms with E-state index in [0.717, 1.165) is 0 Å². The van der Waals surface area contributed by atoms with E-state index < -0.39 is 24.5 Å². The lowest BCUT2D eigenvalue weighted by atomic mass is 10.1. The first-order valence-corrected chi connectivity index (χ1v) is 6.85. The highest BCUT2D eigenvalue weighted by molar-refractivity contribution is 7.71. The number of aromatic amines is 1. The average molecular weight is 315 g/mol. The van der Waals surface area contributed by atoms with Crippen molar-refractivity contribution in [2.24, 2.45) is 0 Å². The van der Waals surface area contributed by atoms with Gasteiger partial charge in [0.25, 0.3) is 0 Å². The van der Waals surface area contributed by atoms with Gasteiger partial charge in [-0.05, 0) is 0 Å². The second-order valence-electron chi connectivity index (χ2n) is 5.16. The van der Waals surface area contributed by atoms with Crippen LogP contribution in [0.25, 0.3) is 0 Å². The van der Waals surface area contributed by atoms with Gasteiger partial charge in [-0.15, -0.1) is 0 Å². The van der Waals surface area contributed by atoms with Crippen molar-refractivity contribution in [2.75, 3.05) is 35.9 Å². The minimum atomic E-state index is -1.16. The molecule has 0 radical (unpaired) electrons. The van der Waals surface area contributed by atoms with Crippen molar-refractivity contribution in [3.05, 3.63) is 4.64 Å². The molecule has 1 aromatic rings.